The molecule has 1 amide bonds. The molecule has 0 fully saturated rings. The number of ether oxygens (including phenoxy) is 1. The highest BCUT2D eigenvalue weighted by Gasteiger charge is 2.21. The summed E-state index contributed by atoms with van der Waals surface area (Å²) in [4.78, 5) is 29.4. The molecule has 6 nitrogen and oxygen atoms in total. The van der Waals surface area contributed by atoms with Crippen LogP contribution >= 0.6 is 11.6 Å². The number of carbonyl (C=O) groups is 2. The summed E-state index contributed by atoms with van der Waals surface area (Å²) < 4.78 is 6.44. The first kappa shape index (κ1) is 17.9. The van der Waals surface area contributed by atoms with Gasteiger partial charge >= 0.3 is 5.97 Å². The standard InChI is InChI=1S/C19H18ClN3O3/c1-3-6-15-17(23-11-12(20)9-10-16(23)21-15)18(24)22-14-8-5-4-7-13(14)19(25)26-2/h4-5,7-11H,3,6H2,1-2H3,(H,22,24). The zero-order valence-corrected chi connectivity index (χ0v) is 15.2. The number of nitrogens with one attached hydrogen (secondary N) is 1. The highest BCUT2D eigenvalue weighted by molar-refractivity contribution is 6.30. The number of para-hydroxylation sites is 1. The second-order valence-corrected chi connectivity index (χ2v) is 6.16. The number of halogens is 1. The van der Waals surface area contributed by atoms with Crippen molar-refractivity contribution in [2.45, 2.75) is 19.8 Å². The van der Waals surface area contributed by atoms with Gasteiger partial charge in [0.25, 0.3) is 5.91 Å². The third-order valence-electron chi connectivity index (χ3n) is 3.94. The number of pyridine rings is 1. The van der Waals surface area contributed by atoms with E-state index in [0.29, 0.717) is 34.2 Å². The highest BCUT2D eigenvalue weighted by atomic mass is 35.5. The zero-order valence-electron chi connectivity index (χ0n) is 14.5. The van der Waals surface area contributed by atoms with Crippen LogP contribution in [0.15, 0.2) is 42.6 Å². The van der Waals surface area contributed by atoms with Gasteiger partial charge in [0, 0.05) is 6.20 Å². The summed E-state index contributed by atoms with van der Waals surface area (Å²) in [5, 5.41) is 3.30. The number of esters is 1. The highest BCUT2D eigenvalue weighted by Crippen LogP contribution is 2.21. The van der Waals surface area contributed by atoms with Gasteiger partial charge in [-0.25, -0.2) is 9.78 Å². The van der Waals surface area contributed by atoms with E-state index in [-0.39, 0.29) is 11.5 Å². The van der Waals surface area contributed by atoms with E-state index in [1.54, 1.807) is 47.0 Å². The minimum absolute atomic E-state index is 0.284. The first-order chi connectivity index (χ1) is 12.5. The van der Waals surface area contributed by atoms with E-state index in [1.807, 2.05) is 6.92 Å². The minimum atomic E-state index is -0.518. The Morgan fingerprint density at radius 2 is 2.00 bits per heavy atom. The Morgan fingerprint density at radius 1 is 1.23 bits per heavy atom. The predicted molar refractivity (Wildman–Crippen MR) is 99.9 cm³/mol. The molecule has 2 heterocycles. The van der Waals surface area contributed by atoms with Gasteiger partial charge in [0.2, 0.25) is 0 Å². The van der Waals surface area contributed by atoms with E-state index < -0.39 is 5.97 Å². The van der Waals surface area contributed by atoms with Crippen LogP contribution in [0.1, 0.15) is 39.9 Å². The molecule has 134 valence electrons. The predicted octanol–water partition coefficient (Wildman–Crippen LogP) is 3.98. The number of methoxy groups -OCH3 is 1. The molecule has 26 heavy (non-hydrogen) atoms. The van der Waals surface area contributed by atoms with E-state index in [0.717, 1.165) is 6.42 Å². The van der Waals surface area contributed by atoms with E-state index in [4.69, 9.17) is 16.3 Å². The number of carbonyl (C=O) groups excluding carboxylic acids is 2. The quantitative estimate of drug-likeness (QED) is 0.688. The smallest absolute Gasteiger partial charge is 0.339 e. The minimum Gasteiger partial charge on any atom is -0.465 e. The third kappa shape index (κ3) is 3.41. The number of rotatable bonds is 5. The maximum atomic E-state index is 13.0. The van der Waals surface area contributed by atoms with Crippen LogP contribution in [0.2, 0.25) is 5.02 Å². The van der Waals surface area contributed by atoms with Crippen molar-refractivity contribution in [1.82, 2.24) is 9.38 Å². The van der Waals surface area contributed by atoms with E-state index in [1.165, 1.54) is 7.11 Å². The van der Waals surface area contributed by atoms with Crippen LogP contribution in [0.5, 0.6) is 0 Å². The van der Waals surface area contributed by atoms with Crippen molar-refractivity contribution in [3.05, 3.63) is 64.6 Å². The molecule has 7 heteroatoms. The number of aryl methyl sites for hydroxylation is 1. The molecule has 0 spiro atoms. The number of nitrogens with zero attached hydrogens (tertiary/aromatic N) is 2. The normalized spacial score (nSPS) is 10.7. The molecular formula is C19H18ClN3O3. The van der Waals surface area contributed by atoms with Gasteiger partial charge in [0.1, 0.15) is 11.3 Å². The molecule has 0 aliphatic rings. The Hall–Kier alpha value is -2.86. The largest absolute Gasteiger partial charge is 0.465 e. The Labute approximate surface area is 155 Å². The van der Waals surface area contributed by atoms with Crippen LogP contribution in [-0.4, -0.2) is 28.4 Å². The topological polar surface area (TPSA) is 72.7 Å². The van der Waals surface area contributed by atoms with Crippen molar-refractivity contribution in [3.8, 4) is 0 Å². The monoisotopic (exact) mass is 371 g/mol. The molecule has 0 aliphatic heterocycles. The number of aromatic nitrogens is 2. The van der Waals surface area contributed by atoms with Crippen LogP contribution < -0.4 is 5.32 Å². The summed E-state index contributed by atoms with van der Waals surface area (Å²) in [6.07, 6.45) is 3.15. The van der Waals surface area contributed by atoms with Gasteiger partial charge in [0.15, 0.2) is 0 Å². The number of hydrogen-bond donors (Lipinski definition) is 1. The third-order valence-corrected chi connectivity index (χ3v) is 4.16. The Morgan fingerprint density at radius 3 is 2.73 bits per heavy atom. The molecule has 0 unspecified atom stereocenters. The summed E-state index contributed by atoms with van der Waals surface area (Å²) in [5.74, 6) is -0.879. The lowest BCUT2D eigenvalue weighted by atomic mass is 10.1. The van der Waals surface area contributed by atoms with E-state index in [9.17, 15) is 9.59 Å². The summed E-state index contributed by atoms with van der Waals surface area (Å²) >= 11 is 6.09. The molecule has 0 radical (unpaired) electrons. The fourth-order valence-corrected chi connectivity index (χ4v) is 2.94. The zero-order chi connectivity index (χ0) is 18.7. The molecule has 0 aliphatic carbocycles. The maximum Gasteiger partial charge on any atom is 0.339 e. The molecule has 0 saturated heterocycles. The van der Waals surface area contributed by atoms with Crippen LogP contribution in [0.25, 0.3) is 5.65 Å². The van der Waals surface area contributed by atoms with Gasteiger partial charge in [-0.1, -0.05) is 37.1 Å². The lowest BCUT2D eigenvalue weighted by molar-refractivity contribution is 0.0602. The van der Waals surface area contributed by atoms with Crippen LogP contribution in [0, 0.1) is 0 Å². The average Bonchev–Trinajstić information content (AvgIpc) is 2.99. The molecule has 3 rings (SSSR count). The number of fused-ring (bicyclic) bond motifs is 1. The molecule has 0 atom stereocenters. The molecule has 1 N–H and O–H groups in total. The lowest BCUT2D eigenvalue weighted by Crippen LogP contribution is -2.18. The Balaban J connectivity index is 2.04. The molecule has 2 aromatic heterocycles. The summed E-state index contributed by atoms with van der Waals surface area (Å²) in [6.45, 7) is 2.02. The molecule has 0 saturated carbocycles. The van der Waals surface area contributed by atoms with Crippen molar-refractivity contribution in [3.63, 3.8) is 0 Å². The number of anilines is 1. The Kier molecular flexibility index (Phi) is 5.23. The molecular weight excluding hydrogens is 354 g/mol. The van der Waals surface area contributed by atoms with Gasteiger partial charge in [-0.15, -0.1) is 0 Å². The molecule has 1 aromatic carbocycles. The van der Waals surface area contributed by atoms with Crippen molar-refractivity contribution in [2.24, 2.45) is 0 Å². The second kappa shape index (κ2) is 7.58. The van der Waals surface area contributed by atoms with Gasteiger partial charge in [-0.2, -0.15) is 0 Å². The fraction of sp³-hybridized carbons (Fsp3) is 0.211. The SMILES string of the molecule is CCCc1nc2ccc(Cl)cn2c1C(=O)Nc1ccccc1C(=O)OC. The van der Waals surface area contributed by atoms with Gasteiger partial charge in [-0.05, 0) is 30.7 Å². The number of benzene rings is 1. The second-order valence-electron chi connectivity index (χ2n) is 5.72. The fourth-order valence-electron chi connectivity index (χ4n) is 2.78. The van der Waals surface area contributed by atoms with Gasteiger partial charge in [-0.3, -0.25) is 9.20 Å². The first-order valence-corrected chi connectivity index (χ1v) is 8.58. The van der Waals surface area contributed by atoms with Crippen molar-refractivity contribution in [2.75, 3.05) is 12.4 Å². The number of amides is 1. The van der Waals surface area contributed by atoms with Gasteiger partial charge in [0.05, 0.1) is 29.1 Å². The summed E-state index contributed by atoms with van der Waals surface area (Å²) in [5.41, 5.74) is 2.40. The summed E-state index contributed by atoms with van der Waals surface area (Å²) in [6, 6.07) is 10.2. The molecule has 0 bridgehead atoms. The Bertz CT molecular complexity index is 981. The van der Waals surface area contributed by atoms with E-state index in [2.05, 4.69) is 10.3 Å². The van der Waals surface area contributed by atoms with Crippen molar-refractivity contribution >= 4 is 34.8 Å². The lowest BCUT2D eigenvalue weighted by Gasteiger charge is -2.10. The maximum absolute atomic E-state index is 13.0. The van der Waals surface area contributed by atoms with Gasteiger partial charge < -0.3 is 10.1 Å². The molecule has 3 aromatic rings. The van der Waals surface area contributed by atoms with Crippen LogP contribution in [-0.2, 0) is 11.2 Å². The van der Waals surface area contributed by atoms with E-state index >= 15 is 0 Å². The van der Waals surface area contributed by atoms with Crippen molar-refractivity contribution in [1.29, 1.82) is 0 Å². The van der Waals surface area contributed by atoms with Crippen LogP contribution in [0.4, 0.5) is 5.69 Å². The first-order valence-electron chi connectivity index (χ1n) is 8.20. The van der Waals surface area contributed by atoms with Crippen molar-refractivity contribution < 1.29 is 14.3 Å². The number of imidazole rings is 1. The summed E-state index contributed by atoms with van der Waals surface area (Å²) in [7, 11) is 1.30. The number of hydrogen-bond acceptors (Lipinski definition) is 4. The van der Waals surface area contributed by atoms with Crippen LogP contribution in [0.3, 0.4) is 0 Å². The average molecular weight is 372 g/mol.